The summed E-state index contributed by atoms with van der Waals surface area (Å²) in [6.45, 7) is 7.60. The van der Waals surface area contributed by atoms with Crippen molar-refractivity contribution in [2.75, 3.05) is 13.7 Å². The minimum Gasteiger partial charge on any atom is -0.390 e. The van der Waals surface area contributed by atoms with Crippen molar-refractivity contribution in [1.29, 1.82) is 0 Å². The summed E-state index contributed by atoms with van der Waals surface area (Å²) in [7, 11) is 1.75. The van der Waals surface area contributed by atoms with E-state index in [0.717, 1.165) is 25.9 Å². The number of hydrogen-bond acceptors (Lipinski definition) is 3. The maximum absolute atomic E-state index is 10.4. The summed E-state index contributed by atoms with van der Waals surface area (Å²) in [6, 6.07) is 0. The molecule has 120 valence electrons. The first kappa shape index (κ1) is 15.5. The van der Waals surface area contributed by atoms with Gasteiger partial charge in [-0.3, -0.25) is 0 Å². The molecule has 3 nitrogen and oxygen atoms in total. The lowest BCUT2D eigenvalue weighted by atomic mass is 9.48. The summed E-state index contributed by atoms with van der Waals surface area (Å²) in [5, 5.41) is 10.4. The van der Waals surface area contributed by atoms with Crippen LogP contribution in [0.25, 0.3) is 0 Å². The fourth-order valence-electron chi connectivity index (χ4n) is 4.90. The maximum atomic E-state index is 10.4. The largest absolute Gasteiger partial charge is 0.390 e. The summed E-state index contributed by atoms with van der Waals surface area (Å²) in [5.41, 5.74) is 1.64. The number of hydrogen-bond donors (Lipinski definition) is 1. The Labute approximate surface area is 128 Å². The third kappa shape index (κ3) is 2.47. The number of rotatable bonds is 4. The van der Waals surface area contributed by atoms with Crippen molar-refractivity contribution in [3.05, 3.63) is 11.6 Å². The van der Waals surface area contributed by atoms with E-state index in [0.29, 0.717) is 11.8 Å². The second-order valence-corrected chi connectivity index (χ2v) is 7.90. The maximum Gasteiger partial charge on any atom is 0.0976 e. The lowest BCUT2D eigenvalue weighted by Crippen LogP contribution is -2.59. The first-order chi connectivity index (χ1) is 9.93. The Morgan fingerprint density at radius 2 is 2.05 bits per heavy atom. The summed E-state index contributed by atoms with van der Waals surface area (Å²) in [4.78, 5) is 0. The van der Waals surface area contributed by atoms with Crippen LogP contribution < -0.4 is 0 Å². The van der Waals surface area contributed by atoms with Crippen molar-refractivity contribution >= 4 is 0 Å². The molecule has 1 unspecified atom stereocenters. The van der Waals surface area contributed by atoms with Gasteiger partial charge in [-0.2, -0.15) is 0 Å². The molecule has 1 heterocycles. The number of aliphatic hydroxyl groups is 1. The van der Waals surface area contributed by atoms with E-state index in [9.17, 15) is 5.11 Å². The average molecular weight is 294 g/mol. The van der Waals surface area contributed by atoms with Gasteiger partial charge in [0, 0.05) is 13.0 Å². The van der Waals surface area contributed by atoms with E-state index in [1.807, 2.05) is 0 Å². The Morgan fingerprint density at radius 1 is 1.33 bits per heavy atom. The minimum atomic E-state index is -0.337. The van der Waals surface area contributed by atoms with E-state index < -0.39 is 0 Å². The zero-order valence-corrected chi connectivity index (χ0v) is 13.9. The fourth-order valence-corrected chi connectivity index (χ4v) is 4.90. The highest BCUT2D eigenvalue weighted by Gasteiger charge is 2.66. The SMILES string of the molecule is CO[C@H]1C([C@@]2(C)CC[C@@H]2CC=C(C)C)[C@]2(CC[C@H]1O)CO2. The molecule has 0 aromatic rings. The van der Waals surface area contributed by atoms with Crippen LogP contribution in [0.3, 0.4) is 0 Å². The third-order valence-corrected chi connectivity index (χ3v) is 6.41. The molecule has 0 aromatic heterocycles. The van der Waals surface area contributed by atoms with Gasteiger partial charge < -0.3 is 14.6 Å². The highest BCUT2D eigenvalue weighted by Crippen LogP contribution is 2.63. The van der Waals surface area contributed by atoms with Crippen LogP contribution in [0, 0.1) is 17.3 Å². The van der Waals surface area contributed by atoms with Gasteiger partial charge >= 0.3 is 0 Å². The van der Waals surface area contributed by atoms with Crippen molar-refractivity contribution in [3.63, 3.8) is 0 Å². The van der Waals surface area contributed by atoms with Gasteiger partial charge in [0.1, 0.15) is 0 Å². The van der Waals surface area contributed by atoms with E-state index in [2.05, 4.69) is 26.8 Å². The Kier molecular flexibility index (Phi) is 3.96. The van der Waals surface area contributed by atoms with Gasteiger partial charge in [-0.1, -0.05) is 18.6 Å². The molecule has 3 rings (SSSR count). The first-order valence-corrected chi connectivity index (χ1v) is 8.41. The normalized spacial score (nSPS) is 48.8. The smallest absolute Gasteiger partial charge is 0.0976 e. The van der Waals surface area contributed by atoms with Crippen LogP contribution in [0.1, 0.15) is 52.9 Å². The van der Waals surface area contributed by atoms with E-state index in [4.69, 9.17) is 9.47 Å². The number of allylic oxidation sites excluding steroid dienone is 2. The molecule has 0 radical (unpaired) electrons. The van der Waals surface area contributed by atoms with E-state index in [-0.39, 0.29) is 23.2 Å². The standard InChI is InChI=1S/C18H30O3/c1-12(2)5-6-13-7-9-17(13,3)16-15(20-4)14(19)8-10-18(16)11-21-18/h5,13-16,19H,6-11H2,1-4H3/t13-,14+,15+,16?,17-,18-/m0/s1. The second kappa shape index (κ2) is 5.36. The lowest BCUT2D eigenvalue weighted by Gasteiger charge is -2.57. The zero-order valence-electron chi connectivity index (χ0n) is 13.9. The molecular weight excluding hydrogens is 264 g/mol. The Balaban J connectivity index is 1.83. The molecule has 2 aliphatic carbocycles. The summed E-state index contributed by atoms with van der Waals surface area (Å²) >= 11 is 0. The Morgan fingerprint density at radius 3 is 2.52 bits per heavy atom. The van der Waals surface area contributed by atoms with Gasteiger partial charge in [0.15, 0.2) is 0 Å². The summed E-state index contributed by atoms with van der Waals surface area (Å²) < 4.78 is 11.7. The van der Waals surface area contributed by atoms with Crippen molar-refractivity contribution < 1.29 is 14.6 Å². The van der Waals surface area contributed by atoms with E-state index in [1.165, 1.54) is 18.4 Å². The number of epoxide rings is 1. The molecule has 21 heavy (non-hydrogen) atoms. The van der Waals surface area contributed by atoms with Crippen molar-refractivity contribution in [2.24, 2.45) is 17.3 Å². The Bertz CT molecular complexity index is 422. The van der Waals surface area contributed by atoms with Gasteiger partial charge in [0.2, 0.25) is 0 Å². The second-order valence-electron chi connectivity index (χ2n) is 7.90. The van der Waals surface area contributed by atoms with Crippen LogP contribution in [-0.4, -0.2) is 36.6 Å². The first-order valence-electron chi connectivity index (χ1n) is 8.41. The van der Waals surface area contributed by atoms with Gasteiger partial charge in [0.25, 0.3) is 0 Å². The predicted octanol–water partition coefficient (Wildman–Crippen LogP) is 3.31. The van der Waals surface area contributed by atoms with Crippen LogP contribution in [0.2, 0.25) is 0 Å². The molecule has 3 heteroatoms. The molecule has 6 atom stereocenters. The molecule has 1 N–H and O–H groups in total. The van der Waals surface area contributed by atoms with Crippen molar-refractivity contribution in [3.8, 4) is 0 Å². The van der Waals surface area contributed by atoms with Crippen LogP contribution >= 0.6 is 0 Å². The summed E-state index contributed by atoms with van der Waals surface area (Å²) in [6.07, 6.45) is 7.43. The van der Waals surface area contributed by atoms with E-state index >= 15 is 0 Å². The zero-order chi connectivity index (χ0) is 15.3. The van der Waals surface area contributed by atoms with Crippen LogP contribution in [0.4, 0.5) is 0 Å². The third-order valence-electron chi connectivity index (χ3n) is 6.41. The van der Waals surface area contributed by atoms with Gasteiger partial charge in [-0.25, -0.2) is 0 Å². The van der Waals surface area contributed by atoms with Gasteiger partial charge in [-0.15, -0.1) is 0 Å². The lowest BCUT2D eigenvalue weighted by molar-refractivity contribution is -0.171. The molecule has 0 amide bonds. The number of ether oxygens (including phenoxy) is 2. The average Bonchev–Trinajstić information content (AvgIpc) is 3.19. The molecule has 1 saturated heterocycles. The Hall–Kier alpha value is -0.380. The number of aliphatic hydroxyl groups excluding tert-OH is 1. The fraction of sp³-hybridized carbons (Fsp3) is 0.889. The summed E-state index contributed by atoms with van der Waals surface area (Å²) in [5.74, 6) is 1.03. The van der Waals surface area contributed by atoms with Gasteiger partial charge in [-0.05, 0) is 57.3 Å². The topological polar surface area (TPSA) is 42.0 Å². The minimum absolute atomic E-state index is 0.00169. The van der Waals surface area contributed by atoms with Crippen molar-refractivity contribution in [2.45, 2.75) is 70.7 Å². The van der Waals surface area contributed by atoms with Crippen LogP contribution in [0.5, 0.6) is 0 Å². The molecule has 0 aromatic carbocycles. The number of methoxy groups -OCH3 is 1. The van der Waals surface area contributed by atoms with Crippen molar-refractivity contribution in [1.82, 2.24) is 0 Å². The molecule has 3 fully saturated rings. The molecular formula is C18H30O3. The molecule has 3 aliphatic rings. The molecule has 1 spiro atoms. The van der Waals surface area contributed by atoms with E-state index in [1.54, 1.807) is 7.11 Å². The van der Waals surface area contributed by atoms with Crippen LogP contribution in [-0.2, 0) is 9.47 Å². The highest BCUT2D eigenvalue weighted by molar-refractivity contribution is 5.16. The quantitative estimate of drug-likeness (QED) is 0.639. The van der Waals surface area contributed by atoms with Gasteiger partial charge in [0.05, 0.1) is 24.4 Å². The van der Waals surface area contributed by atoms with Crippen LogP contribution in [0.15, 0.2) is 11.6 Å². The molecule has 1 aliphatic heterocycles. The predicted molar refractivity (Wildman–Crippen MR) is 83.1 cm³/mol. The molecule has 0 bridgehead atoms. The molecule has 2 saturated carbocycles. The monoisotopic (exact) mass is 294 g/mol. The highest BCUT2D eigenvalue weighted by atomic mass is 16.6.